The van der Waals surface area contributed by atoms with Crippen LogP contribution in [-0.4, -0.2) is 34.0 Å². The van der Waals surface area contributed by atoms with Crippen molar-refractivity contribution in [2.75, 3.05) is 13.7 Å². The lowest BCUT2D eigenvalue weighted by atomic mass is 9.76. The number of sulfonamides is 1. The van der Waals surface area contributed by atoms with Gasteiger partial charge in [0, 0.05) is 24.4 Å². The Morgan fingerprint density at radius 2 is 1.83 bits per heavy atom. The lowest BCUT2D eigenvalue weighted by molar-refractivity contribution is -0.127. The van der Waals surface area contributed by atoms with Crippen LogP contribution in [0.3, 0.4) is 0 Å². The highest BCUT2D eigenvalue weighted by Crippen LogP contribution is 2.37. The Morgan fingerprint density at radius 3 is 2.51 bits per heavy atom. The number of hydrogen-bond donors (Lipinski definition) is 2. The second kappa shape index (κ2) is 11.4. The van der Waals surface area contributed by atoms with Crippen molar-refractivity contribution in [3.05, 3.63) is 72.3 Å². The van der Waals surface area contributed by atoms with Gasteiger partial charge in [0.25, 0.3) is 0 Å². The minimum absolute atomic E-state index is 0.0152. The average Bonchev–Trinajstić information content (AvgIpc) is 2.89. The lowest BCUT2D eigenvalue weighted by Crippen LogP contribution is -2.45. The average molecular weight is 497 g/mol. The van der Waals surface area contributed by atoms with E-state index in [1.54, 1.807) is 37.4 Å². The zero-order valence-corrected chi connectivity index (χ0v) is 21.2. The van der Waals surface area contributed by atoms with Crippen molar-refractivity contribution in [2.45, 2.75) is 61.8 Å². The molecule has 0 bridgehead atoms. The molecule has 35 heavy (non-hydrogen) atoms. The molecule has 2 aromatic rings. The first-order chi connectivity index (χ1) is 16.9. The predicted octanol–water partition coefficient (Wildman–Crippen LogP) is 4.57. The van der Waals surface area contributed by atoms with Crippen molar-refractivity contribution in [1.82, 2.24) is 10.0 Å². The fourth-order valence-corrected chi connectivity index (χ4v) is 6.64. The van der Waals surface area contributed by atoms with E-state index in [1.165, 1.54) is 11.1 Å². The van der Waals surface area contributed by atoms with E-state index in [0.717, 1.165) is 50.7 Å². The van der Waals surface area contributed by atoms with E-state index >= 15 is 0 Å². The molecular formula is C28H36N2O4S. The number of nitrogens with one attached hydrogen (secondary N) is 2. The number of carbonyl (C=O) groups is 1. The van der Waals surface area contributed by atoms with Gasteiger partial charge < -0.3 is 10.1 Å². The van der Waals surface area contributed by atoms with Gasteiger partial charge in [0.05, 0.1) is 12.0 Å². The molecule has 2 atom stereocenters. The monoisotopic (exact) mass is 496 g/mol. The number of benzene rings is 2. The smallest absolute Gasteiger partial charge is 0.240 e. The lowest BCUT2D eigenvalue weighted by Gasteiger charge is -2.36. The third-order valence-electron chi connectivity index (χ3n) is 7.54. The molecule has 0 saturated heterocycles. The number of amides is 1. The van der Waals surface area contributed by atoms with Crippen LogP contribution < -0.4 is 14.8 Å². The maximum absolute atomic E-state index is 13.2. The quantitative estimate of drug-likeness (QED) is 0.498. The second-order valence-corrected chi connectivity index (χ2v) is 11.5. The van der Waals surface area contributed by atoms with E-state index in [4.69, 9.17) is 4.74 Å². The number of carbonyl (C=O) groups excluding carboxylic acids is 1. The third kappa shape index (κ3) is 6.14. The Balaban J connectivity index is 1.30. The van der Waals surface area contributed by atoms with Crippen molar-refractivity contribution in [3.63, 3.8) is 0 Å². The van der Waals surface area contributed by atoms with E-state index in [9.17, 15) is 13.2 Å². The molecule has 4 rings (SSSR count). The van der Waals surface area contributed by atoms with Crippen molar-refractivity contribution >= 4 is 15.9 Å². The van der Waals surface area contributed by atoms with Crippen LogP contribution in [0.25, 0.3) is 0 Å². The molecule has 1 amide bonds. The highest BCUT2D eigenvalue weighted by molar-refractivity contribution is 7.89. The Kier molecular flexibility index (Phi) is 8.29. The minimum atomic E-state index is -3.49. The largest absolute Gasteiger partial charge is 0.497 e. The van der Waals surface area contributed by atoms with Crippen LogP contribution in [0.1, 0.15) is 55.6 Å². The minimum Gasteiger partial charge on any atom is -0.497 e. The number of ether oxygens (including phenoxy) is 1. The van der Waals surface area contributed by atoms with Crippen molar-refractivity contribution in [2.24, 2.45) is 11.8 Å². The van der Waals surface area contributed by atoms with Gasteiger partial charge in [0.2, 0.25) is 15.9 Å². The van der Waals surface area contributed by atoms with Gasteiger partial charge in [0.15, 0.2) is 0 Å². The molecule has 0 radical (unpaired) electrons. The highest BCUT2D eigenvalue weighted by Gasteiger charge is 2.33. The van der Waals surface area contributed by atoms with Crippen molar-refractivity contribution in [1.29, 1.82) is 0 Å². The molecule has 0 aromatic heterocycles. The molecule has 7 heteroatoms. The van der Waals surface area contributed by atoms with Crippen LogP contribution in [0.4, 0.5) is 0 Å². The summed E-state index contributed by atoms with van der Waals surface area (Å²) in [6.45, 7) is 4.35. The molecule has 1 saturated carbocycles. The molecule has 6 nitrogen and oxygen atoms in total. The number of aryl methyl sites for hydroxylation is 1. The molecule has 2 aromatic carbocycles. The molecular weight excluding hydrogens is 460 g/mol. The van der Waals surface area contributed by atoms with Crippen molar-refractivity contribution in [3.8, 4) is 5.75 Å². The summed E-state index contributed by atoms with van der Waals surface area (Å²) in [6, 6.07) is 14.8. The molecule has 2 unspecified atom stereocenters. The zero-order chi connectivity index (χ0) is 24.8. The molecule has 2 N–H and O–H groups in total. The van der Waals surface area contributed by atoms with Crippen LogP contribution in [0.15, 0.2) is 66.1 Å². The Hall–Kier alpha value is -2.64. The maximum atomic E-state index is 13.2. The van der Waals surface area contributed by atoms with E-state index in [0.29, 0.717) is 6.54 Å². The van der Waals surface area contributed by atoms with Crippen LogP contribution in [0.5, 0.6) is 5.75 Å². The van der Waals surface area contributed by atoms with Gasteiger partial charge in [-0.2, -0.15) is 0 Å². The van der Waals surface area contributed by atoms with Gasteiger partial charge in [-0.25, -0.2) is 13.1 Å². The predicted molar refractivity (Wildman–Crippen MR) is 138 cm³/mol. The first-order valence-corrected chi connectivity index (χ1v) is 14.0. The van der Waals surface area contributed by atoms with E-state index in [1.807, 2.05) is 12.1 Å². The fraction of sp³-hybridized carbons (Fsp3) is 0.464. The number of hydrogen-bond acceptors (Lipinski definition) is 4. The van der Waals surface area contributed by atoms with Crippen molar-refractivity contribution < 1.29 is 17.9 Å². The first kappa shape index (κ1) is 25.5. The number of allylic oxidation sites excluding steroid dienone is 1. The summed E-state index contributed by atoms with van der Waals surface area (Å²) < 4.78 is 33.1. The standard InChI is InChI=1S/C28H36N2O4S/c1-3-7-26-25-16-15-23(34-2)18-22(25)14-17-27(26)30-28(31)21-12-10-20(11-13-21)19-29-35(32,33)24-8-5-4-6-9-24/h3-6,8-9,15-16,18,20-21,26-27,29H,1,7,10-14,17,19H2,2H3,(H,30,31). The van der Waals surface area contributed by atoms with Crippen LogP contribution >= 0.6 is 0 Å². The van der Waals surface area contributed by atoms with Gasteiger partial charge in [-0.1, -0.05) is 30.3 Å². The molecule has 188 valence electrons. The summed E-state index contributed by atoms with van der Waals surface area (Å²) in [5.74, 6) is 1.45. The van der Waals surface area contributed by atoms with Gasteiger partial charge in [-0.05, 0) is 86.3 Å². The van der Waals surface area contributed by atoms with Crippen LogP contribution in [0.2, 0.25) is 0 Å². The Bertz CT molecular complexity index is 1120. The number of methoxy groups -OCH3 is 1. The van der Waals surface area contributed by atoms with Gasteiger partial charge in [0.1, 0.15) is 5.75 Å². The molecule has 1 fully saturated rings. The van der Waals surface area contributed by atoms with E-state index < -0.39 is 10.0 Å². The molecule has 0 spiro atoms. The normalized spacial score (nSPS) is 24.3. The van der Waals surface area contributed by atoms with E-state index in [2.05, 4.69) is 28.8 Å². The van der Waals surface area contributed by atoms with Gasteiger partial charge in [-0.15, -0.1) is 6.58 Å². The topological polar surface area (TPSA) is 84.5 Å². The SMILES string of the molecule is C=CCC1c2ccc(OC)cc2CCC1NC(=O)C1CCC(CNS(=O)(=O)c2ccccc2)CC1. The van der Waals surface area contributed by atoms with Crippen LogP contribution in [0, 0.1) is 11.8 Å². The molecule has 0 aliphatic heterocycles. The van der Waals surface area contributed by atoms with Gasteiger partial charge >= 0.3 is 0 Å². The Labute approximate surface area is 209 Å². The zero-order valence-electron chi connectivity index (χ0n) is 20.4. The summed E-state index contributed by atoms with van der Waals surface area (Å²) in [5, 5.41) is 3.36. The maximum Gasteiger partial charge on any atom is 0.240 e. The number of rotatable bonds is 9. The van der Waals surface area contributed by atoms with E-state index in [-0.39, 0.29) is 34.6 Å². The summed E-state index contributed by atoms with van der Waals surface area (Å²) in [5.41, 5.74) is 2.57. The molecule has 0 heterocycles. The Morgan fingerprint density at radius 1 is 1.09 bits per heavy atom. The number of fused-ring (bicyclic) bond motifs is 1. The summed E-state index contributed by atoms with van der Waals surface area (Å²) in [6.07, 6.45) is 7.84. The van der Waals surface area contributed by atoms with Gasteiger partial charge in [-0.3, -0.25) is 4.79 Å². The fourth-order valence-electron chi connectivity index (χ4n) is 5.50. The van der Waals surface area contributed by atoms with Crippen LogP contribution in [-0.2, 0) is 21.2 Å². The molecule has 2 aliphatic rings. The summed E-state index contributed by atoms with van der Waals surface area (Å²) in [4.78, 5) is 13.5. The first-order valence-electron chi connectivity index (χ1n) is 12.5. The summed E-state index contributed by atoms with van der Waals surface area (Å²) >= 11 is 0. The summed E-state index contributed by atoms with van der Waals surface area (Å²) in [7, 11) is -1.81. The molecule has 2 aliphatic carbocycles. The second-order valence-electron chi connectivity index (χ2n) is 9.73. The third-order valence-corrected chi connectivity index (χ3v) is 8.98. The highest BCUT2D eigenvalue weighted by atomic mass is 32.2.